The van der Waals surface area contributed by atoms with Crippen molar-refractivity contribution < 1.29 is 9.53 Å². The van der Waals surface area contributed by atoms with Crippen molar-refractivity contribution in [2.45, 2.75) is 38.5 Å². The van der Waals surface area contributed by atoms with Gasteiger partial charge in [0.1, 0.15) is 0 Å². The number of carbonyl (C=O) groups excluding carboxylic acids is 1. The van der Waals surface area contributed by atoms with Gasteiger partial charge in [-0.1, -0.05) is 12.1 Å². The Bertz CT molecular complexity index is 419. The molecule has 1 aliphatic rings. The maximum atomic E-state index is 11.9. The number of anilines is 1. The van der Waals surface area contributed by atoms with Crippen LogP contribution in [0.25, 0.3) is 0 Å². The third-order valence-corrected chi connectivity index (χ3v) is 3.27. The molecule has 1 saturated heterocycles. The van der Waals surface area contributed by atoms with E-state index in [0.29, 0.717) is 13.2 Å². The third-order valence-electron chi connectivity index (χ3n) is 3.27. The Balaban J connectivity index is 1.83. The van der Waals surface area contributed by atoms with Crippen molar-refractivity contribution in [2.24, 2.45) is 5.73 Å². The lowest BCUT2D eigenvalue weighted by Gasteiger charge is -2.27. The number of nitrogens with one attached hydrogen (secondary N) is 2. The first-order chi connectivity index (χ1) is 9.17. The first-order valence-electron chi connectivity index (χ1n) is 6.65. The van der Waals surface area contributed by atoms with E-state index in [4.69, 9.17) is 10.5 Å². The molecule has 4 N–H and O–H groups in total. The van der Waals surface area contributed by atoms with Crippen LogP contribution in [0.5, 0.6) is 0 Å². The van der Waals surface area contributed by atoms with Gasteiger partial charge < -0.3 is 21.1 Å². The fraction of sp³-hybridized carbons (Fsp3) is 0.500. The van der Waals surface area contributed by atoms with Gasteiger partial charge in [0.15, 0.2) is 0 Å². The van der Waals surface area contributed by atoms with Crippen LogP contribution in [-0.4, -0.2) is 24.8 Å². The highest BCUT2D eigenvalue weighted by molar-refractivity contribution is 5.89. The zero-order chi connectivity index (χ0) is 13.7. The predicted octanol–water partition coefficient (Wildman–Crippen LogP) is 1.83. The number of urea groups is 1. The molecule has 2 unspecified atom stereocenters. The van der Waals surface area contributed by atoms with E-state index in [1.54, 1.807) is 0 Å². The van der Waals surface area contributed by atoms with E-state index >= 15 is 0 Å². The number of carbonyl (C=O) groups is 1. The third kappa shape index (κ3) is 4.22. The number of amides is 2. The van der Waals surface area contributed by atoms with Gasteiger partial charge >= 0.3 is 6.03 Å². The molecule has 1 aromatic rings. The molecular weight excluding hydrogens is 242 g/mol. The first-order valence-corrected chi connectivity index (χ1v) is 6.65. The molecule has 1 heterocycles. The summed E-state index contributed by atoms with van der Waals surface area (Å²) in [6, 6.07) is 7.55. The highest BCUT2D eigenvalue weighted by Gasteiger charge is 2.20. The van der Waals surface area contributed by atoms with E-state index in [0.717, 1.165) is 24.1 Å². The summed E-state index contributed by atoms with van der Waals surface area (Å²) >= 11 is 0. The molecule has 2 rings (SSSR count). The lowest BCUT2D eigenvalue weighted by Crippen LogP contribution is -2.43. The zero-order valence-corrected chi connectivity index (χ0v) is 11.2. The summed E-state index contributed by atoms with van der Waals surface area (Å²) in [5, 5.41) is 5.80. The van der Waals surface area contributed by atoms with Gasteiger partial charge in [0.05, 0.1) is 6.10 Å². The second kappa shape index (κ2) is 6.54. The minimum atomic E-state index is -0.167. The monoisotopic (exact) mass is 263 g/mol. The molecule has 2 amide bonds. The summed E-state index contributed by atoms with van der Waals surface area (Å²) in [5.41, 5.74) is 7.34. The molecule has 0 spiro atoms. The van der Waals surface area contributed by atoms with Gasteiger partial charge in [-0.05, 0) is 37.5 Å². The van der Waals surface area contributed by atoms with E-state index < -0.39 is 0 Å². The molecule has 1 aliphatic heterocycles. The molecule has 2 atom stereocenters. The molecule has 104 valence electrons. The van der Waals surface area contributed by atoms with Crippen LogP contribution in [0.2, 0.25) is 0 Å². The Hall–Kier alpha value is -1.59. The first kappa shape index (κ1) is 13.8. The number of hydrogen-bond acceptors (Lipinski definition) is 3. The molecule has 0 saturated carbocycles. The number of hydrogen-bond donors (Lipinski definition) is 3. The minimum Gasteiger partial charge on any atom is -0.378 e. The van der Waals surface area contributed by atoms with E-state index in [-0.39, 0.29) is 18.2 Å². The predicted molar refractivity (Wildman–Crippen MR) is 74.9 cm³/mol. The number of benzene rings is 1. The highest BCUT2D eigenvalue weighted by atomic mass is 16.5. The Kier molecular flexibility index (Phi) is 4.76. The Morgan fingerprint density at radius 3 is 2.79 bits per heavy atom. The van der Waals surface area contributed by atoms with Gasteiger partial charge in [0.2, 0.25) is 0 Å². The number of nitrogens with two attached hydrogens (primary N) is 1. The normalized spacial score (nSPS) is 22.8. The smallest absolute Gasteiger partial charge is 0.319 e. The van der Waals surface area contributed by atoms with Crippen molar-refractivity contribution in [3.05, 3.63) is 29.8 Å². The lowest BCUT2D eigenvalue weighted by molar-refractivity contribution is 0.0157. The Morgan fingerprint density at radius 1 is 1.42 bits per heavy atom. The van der Waals surface area contributed by atoms with E-state index in [2.05, 4.69) is 10.6 Å². The van der Waals surface area contributed by atoms with Crippen molar-refractivity contribution in [1.82, 2.24) is 5.32 Å². The fourth-order valence-electron chi connectivity index (χ4n) is 2.21. The van der Waals surface area contributed by atoms with Crippen molar-refractivity contribution >= 4 is 11.7 Å². The van der Waals surface area contributed by atoms with Gasteiger partial charge in [0, 0.05) is 24.9 Å². The Morgan fingerprint density at radius 2 is 2.16 bits per heavy atom. The largest absolute Gasteiger partial charge is 0.378 e. The highest BCUT2D eigenvalue weighted by Crippen LogP contribution is 2.14. The molecule has 5 nitrogen and oxygen atoms in total. The number of ether oxygens (including phenoxy) is 1. The summed E-state index contributed by atoms with van der Waals surface area (Å²) in [6.45, 7) is 3.24. The van der Waals surface area contributed by atoms with Crippen molar-refractivity contribution in [1.29, 1.82) is 0 Å². The summed E-state index contributed by atoms with van der Waals surface area (Å²) in [6.07, 6.45) is 1.94. The van der Waals surface area contributed by atoms with E-state index in [1.807, 2.05) is 31.2 Å². The van der Waals surface area contributed by atoms with Crippen molar-refractivity contribution in [3.63, 3.8) is 0 Å². The van der Waals surface area contributed by atoms with Crippen LogP contribution < -0.4 is 16.4 Å². The maximum absolute atomic E-state index is 11.9. The van der Waals surface area contributed by atoms with Crippen molar-refractivity contribution in [2.75, 3.05) is 11.9 Å². The molecular formula is C14H21N3O2. The van der Waals surface area contributed by atoms with Gasteiger partial charge in [-0.25, -0.2) is 4.79 Å². The minimum absolute atomic E-state index is 0.167. The van der Waals surface area contributed by atoms with Crippen LogP contribution >= 0.6 is 0 Å². The average Bonchev–Trinajstić information content (AvgIpc) is 2.39. The SMILES string of the molecule is CC1CC(NC(=O)Nc2ccc(CN)cc2)CCO1. The Labute approximate surface area is 113 Å². The molecule has 1 aromatic carbocycles. The van der Waals surface area contributed by atoms with E-state index in [9.17, 15) is 4.79 Å². The second-order valence-electron chi connectivity index (χ2n) is 4.90. The summed E-state index contributed by atoms with van der Waals surface area (Å²) in [4.78, 5) is 11.9. The van der Waals surface area contributed by atoms with Crippen LogP contribution in [0.15, 0.2) is 24.3 Å². The molecule has 19 heavy (non-hydrogen) atoms. The fourth-order valence-corrected chi connectivity index (χ4v) is 2.21. The second-order valence-corrected chi connectivity index (χ2v) is 4.90. The molecule has 1 fully saturated rings. The van der Waals surface area contributed by atoms with Crippen LogP contribution in [0.4, 0.5) is 10.5 Å². The van der Waals surface area contributed by atoms with Crippen LogP contribution in [0, 0.1) is 0 Å². The van der Waals surface area contributed by atoms with E-state index in [1.165, 1.54) is 0 Å². The standard InChI is InChI=1S/C14H21N3O2/c1-10-8-13(6-7-19-10)17-14(18)16-12-4-2-11(9-15)3-5-12/h2-5,10,13H,6-9,15H2,1H3,(H2,16,17,18). The molecule has 0 aliphatic carbocycles. The molecule has 0 aromatic heterocycles. The van der Waals surface area contributed by atoms with Gasteiger partial charge in [-0.2, -0.15) is 0 Å². The molecule has 5 heteroatoms. The zero-order valence-electron chi connectivity index (χ0n) is 11.2. The molecule has 0 radical (unpaired) electrons. The summed E-state index contributed by atoms with van der Waals surface area (Å²) in [5.74, 6) is 0. The van der Waals surface area contributed by atoms with Crippen LogP contribution in [-0.2, 0) is 11.3 Å². The van der Waals surface area contributed by atoms with Crippen LogP contribution in [0.3, 0.4) is 0 Å². The lowest BCUT2D eigenvalue weighted by atomic mass is 10.0. The van der Waals surface area contributed by atoms with Crippen LogP contribution in [0.1, 0.15) is 25.3 Å². The quantitative estimate of drug-likeness (QED) is 0.778. The maximum Gasteiger partial charge on any atom is 0.319 e. The van der Waals surface area contributed by atoms with Gasteiger partial charge in [0.25, 0.3) is 0 Å². The topological polar surface area (TPSA) is 76.4 Å². The van der Waals surface area contributed by atoms with Gasteiger partial charge in [-0.15, -0.1) is 0 Å². The number of rotatable bonds is 3. The van der Waals surface area contributed by atoms with Gasteiger partial charge in [-0.3, -0.25) is 0 Å². The van der Waals surface area contributed by atoms with Crippen molar-refractivity contribution in [3.8, 4) is 0 Å². The average molecular weight is 263 g/mol. The summed E-state index contributed by atoms with van der Waals surface area (Å²) < 4.78 is 5.45. The summed E-state index contributed by atoms with van der Waals surface area (Å²) in [7, 11) is 0. The molecule has 0 bridgehead atoms.